The van der Waals surface area contributed by atoms with Crippen LogP contribution in [0, 0.1) is 0 Å². The lowest BCUT2D eigenvalue weighted by molar-refractivity contribution is -0.111. The molecule has 0 N–H and O–H groups in total. The molecule has 0 atom stereocenters. The van der Waals surface area contributed by atoms with Gasteiger partial charge in [-0.25, -0.2) is 0 Å². The Kier molecular flexibility index (Phi) is 3.75. The van der Waals surface area contributed by atoms with Crippen LogP contribution in [0.1, 0.15) is 5.56 Å². The number of rotatable bonds is 3. The van der Waals surface area contributed by atoms with Crippen LogP contribution >= 0.6 is 27.5 Å². The zero-order valence-corrected chi connectivity index (χ0v) is 9.35. The molecule has 0 aliphatic heterocycles. The molecule has 0 amide bonds. The quantitative estimate of drug-likeness (QED) is 0.784. The Morgan fingerprint density at radius 2 is 2.23 bits per heavy atom. The van der Waals surface area contributed by atoms with E-state index in [1.54, 1.807) is 13.2 Å². The van der Waals surface area contributed by atoms with Crippen molar-refractivity contribution in [3.63, 3.8) is 0 Å². The van der Waals surface area contributed by atoms with Gasteiger partial charge < -0.3 is 4.74 Å². The summed E-state index contributed by atoms with van der Waals surface area (Å²) in [5.41, 5.74) is 0.839. The molecular formula is C9H8BrClO2. The molecular weight excluding hydrogens is 255 g/mol. The lowest BCUT2D eigenvalue weighted by Gasteiger charge is -2.03. The van der Waals surface area contributed by atoms with Gasteiger partial charge in [-0.15, -0.1) is 0 Å². The lowest BCUT2D eigenvalue weighted by Crippen LogP contribution is -1.94. The predicted octanol–water partition coefficient (Wildman–Crippen LogP) is 2.77. The summed E-state index contributed by atoms with van der Waals surface area (Å²) in [6.07, 6.45) is 0.220. The smallest absolute Gasteiger partial charge is 0.226 e. The van der Waals surface area contributed by atoms with Crippen LogP contribution in [0.5, 0.6) is 5.75 Å². The highest BCUT2D eigenvalue weighted by Gasteiger charge is 2.03. The fourth-order valence-electron chi connectivity index (χ4n) is 1.00. The Labute approximate surface area is 90.0 Å². The lowest BCUT2D eigenvalue weighted by atomic mass is 10.1. The number of hydrogen-bond donors (Lipinski definition) is 0. The molecule has 0 saturated heterocycles. The van der Waals surface area contributed by atoms with Crippen LogP contribution in [0.4, 0.5) is 0 Å². The van der Waals surface area contributed by atoms with Crippen LogP contribution in [-0.2, 0) is 11.2 Å². The summed E-state index contributed by atoms with van der Waals surface area (Å²) >= 11 is 8.57. The predicted molar refractivity (Wildman–Crippen MR) is 55.3 cm³/mol. The average Bonchev–Trinajstić information content (AvgIpc) is 2.01. The molecule has 0 aliphatic carbocycles. The molecule has 0 spiro atoms. The van der Waals surface area contributed by atoms with E-state index in [-0.39, 0.29) is 11.7 Å². The molecule has 0 aromatic heterocycles. The van der Waals surface area contributed by atoms with E-state index in [0.717, 1.165) is 10.0 Å². The topological polar surface area (TPSA) is 26.3 Å². The average molecular weight is 264 g/mol. The molecule has 13 heavy (non-hydrogen) atoms. The minimum Gasteiger partial charge on any atom is -0.497 e. The maximum absolute atomic E-state index is 10.6. The summed E-state index contributed by atoms with van der Waals surface area (Å²) in [4.78, 5) is 10.6. The van der Waals surface area contributed by atoms with Crippen molar-refractivity contribution in [3.8, 4) is 5.75 Å². The fourth-order valence-corrected chi connectivity index (χ4v) is 1.68. The molecule has 1 aromatic rings. The van der Waals surface area contributed by atoms with Crippen molar-refractivity contribution < 1.29 is 9.53 Å². The normalized spacial score (nSPS) is 9.77. The van der Waals surface area contributed by atoms with Crippen molar-refractivity contribution in [2.75, 3.05) is 7.11 Å². The van der Waals surface area contributed by atoms with Gasteiger partial charge in [0.1, 0.15) is 5.75 Å². The standard InChI is InChI=1S/C9H8BrClO2/c1-13-8-3-6(4-9(11)12)2-7(10)5-8/h2-3,5H,4H2,1H3. The fraction of sp³-hybridized carbons (Fsp3) is 0.222. The molecule has 0 bridgehead atoms. The first-order valence-corrected chi connectivity index (χ1v) is 4.80. The van der Waals surface area contributed by atoms with E-state index in [9.17, 15) is 4.79 Å². The van der Waals surface area contributed by atoms with Crippen molar-refractivity contribution in [1.82, 2.24) is 0 Å². The van der Waals surface area contributed by atoms with E-state index in [4.69, 9.17) is 16.3 Å². The summed E-state index contributed by atoms with van der Waals surface area (Å²) < 4.78 is 5.91. The summed E-state index contributed by atoms with van der Waals surface area (Å²) in [5, 5.41) is -0.375. The van der Waals surface area contributed by atoms with Gasteiger partial charge in [-0.05, 0) is 35.4 Å². The first-order valence-electron chi connectivity index (χ1n) is 3.63. The molecule has 70 valence electrons. The maximum atomic E-state index is 10.6. The van der Waals surface area contributed by atoms with Crippen LogP contribution in [0.3, 0.4) is 0 Å². The molecule has 4 heteroatoms. The van der Waals surface area contributed by atoms with Gasteiger partial charge in [-0.3, -0.25) is 4.79 Å². The first-order chi connectivity index (χ1) is 6.11. The van der Waals surface area contributed by atoms with E-state index in [2.05, 4.69) is 15.9 Å². The Bertz CT molecular complexity index is 325. The second-order valence-corrected chi connectivity index (χ2v) is 3.87. The minimum atomic E-state index is -0.375. The van der Waals surface area contributed by atoms with Gasteiger partial charge in [-0.2, -0.15) is 0 Å². The van der Waals surface area contributed by atoms with Gasteiger partial charge in [0, 0.05) is 10.9 Å². The van der Waals surface area contributed by atoms with Crippen molar-refractivity contribution in [3.05, 3.63) is 28.2 Å². The molecule has 0 aliphatic rings. The Balaban J connectivity index is 2.94. The zero-order valence-electron chi connectivity index (χ0n) is 7.01. The van der Waals surface area contributed by atoms with Crippen LogP contribution in [0.2, 0.25) is 0 Å². The summed E-state index contributed by atoms with van der Waals surface area (Å²) in [6.45, 7) is 0. The third kappa shape index (κ3) is 3.36. The number of methoxy groups -OCH3 is 1. The van der Waals surface area contributed by atoms with E-state index >= 15 is 0 Å². The van der Waals surface area contributed by atoms with Crippen LogP contribution in [-0.4, -0.2) is 12.4 Å². The highest BCUT2D eigenvalue weighted by atomic mass is 79.9. The number of carbonyl (C=O) groups is 1. The third-order valence-corrected chi connectivity index (χ3v) is 2.10. The zero-order chi connectivity index (χ0) is 9.84. The Morgan fingerprint density at radius 1 is 1.54 bits per heavy atom. The number of carbonyl (C=O) groups excluding carboxylic acids is 1. The van der Waals surface area contributed by atoms with Crippen LogP contribution < -0.4 is 4.74 Å². The van der Waals surface area contributed by atoms with Crippen molar-refractivity contribution in [1.29, 1.82) is 0 Å². The Hall–Kier alpha value is -0.540. The Morgan fingerprint density at radius 3 is 2.77 bits per heavy atom. The number of ether oxygens (including phenoxy) is 1. The molecule has 0 fully saturated rings. The van der Waals surface area contributed by atoms with E-state index < -0.39 is 0 Å². The van der Waals surface area contributed by atoms with Crippen molar-refractivity contribution >= 4 is 32.8 Å². The van der Waals surface area contributed by atoms with E-state index in [0.29, 0.717) is 5.75 Å². The van der Waals surface area contributed by atoms with Crippen LogP contribution in [0.15, 0.2) is 22.7 Å². The van der Waals surface area contributed by atoms with Gasteiger partial charge in [0.2, 0.25) is 5.24 Å². The second kappa shape index (κ2) is 4.63. The van der Waals surface area contributed by atoms with Gasteiger partial charge >= 0.3 is 0 Å². The monoisotopic (exact) mass is 262 g/mol. The highest BCUT2D eigenvalue weighted by molar-refractivity contribution is 9.10. The second-order valence-electron chi connectivity index (χ2n) is 2.53. The van der Waals surface area contributed by atoms with Crippen LogP contribution in [0.25, 0.3) is 0 Å². The molecule has 1 rings (SSSR count). The molecule has 0 unspecified atom stereocenters. The maximum Gasteiger partial charge on any atom is 0.226 e. The van der Waals surface area contributed by atoms with Gasteiger partial charge in [-0.1, -0.05) is 15.9 Å². The molecule has 0 radical (unpaired) electrons. The third-order valence-electron chi connectivity index (χ3n) is 1.51. The largest absolute Gasteiger partial charge is 0.497 e. The van der Waals surface area contributed by atoms with E-state index in [1.807, 2.05) is 12.1 Å². The van der Waals surface area contributed by atoms with Gasteiger partial charge in [0.15, 0.2) is 0 Å². The van der Waals surface area contributed by atoms with Gasteiger partial charge in [0.25, 0.3) is 0 Å². The summed E-state index contributed by atoms with van der Waals surface area (Å²) in [5.74, 6) is 0.710. The van der Waals surface area contributed by atoms with E-state index in [1.165, 1.54) is 0 Å². The SMILES string of the molecule is COc1cc(Br)cc(CC(=O)Cl)c1. The van der Waals surface area contributed by atoms with Gasteiger partial charge in [0.05, 0.1) is 7.11 Å². The summed E-state index contributed by atoms with van der Waals surface area (Å²) in [7, 11) is 1.58. The van der Waals surface area contributed by atoms with Crippen molar-refractivity contribution in [2.24, 2.45) is 0 Å². The molecule has 0 heterocycles. The number of halogens is 2. The number of hydrogen-bond acceptors (Lipinski definition) is 2. The number of benzene rings is 1. The highest BCUT2D eigenvalue weighted by Crippen LogP contribution is 2.21. The summed E-state index contributed by atoms with van der Waals surface area (Å²) in [6, 6.07) is 5.44. The van der Waals surface area contributed by atoms with Crippen molar-refractivity contribution in [2.45, 2.75) is 6.42 Å². The molecule has 0 saturated carbocycles. The molecule has 1 aromatic carbocycles. The minimum absolute atomic E-state index is 0.220. The first kappa shape index (κ1) is 10.5. The molecule has 2 nitrogen and oxygen atoms in total.